The van der Waals surface area contributed by atoms with Crippen molar-refractivity contribution in [3.8, 4) is 0 Å². The van der Waals surface area contributed by atoms with E-state index in [0.29, 0.717) is 0 Å². The first kappa shape index (κ1) is 9.47. The van der Waals surface area contributed by atoms with E-state index in [1.807, 2.05) is 0 Å². The lowest BCUT2D eigenvalue weighted by molar-refractivity contribution is 0.236. The zero-order chi connectivity index (χ0) is 9.10. The lowest BCUT2D eigenvalue weighted by atomic mass is 9.84. The first-order valence-corrected chi connectivity index (χ1v) is 5.85. The van der Waals surface area contributed by atoms with E-state index in [2.05, 4.69) is 17.6 Å². The van der Waals surface area contributed by atoms with Gasteiger partial charge in [-0.1, -0.05) is 26.2 Å². The number of rotatable bonds is 3. The maximum absolute atomic E-state index is 3.76. The Labute approximate surface area is 81.5 Å². The SMILES string of the molecule is CCC1CCCC(NC2CNC2)C1. The topological polar surface area (TPSA) is 24.1 Å². The summed E-state index contributed by atoms with van der Waals surface area (Å²) in [6.07, 6.45) is 7.12. The third-order valence-electron chi connectivity index (χ3n) is 3.61. The van der Waals surface area contributed by atoms with Crippen molar-refractivity contribution in [2.75, 3.05) is 13.1 Å². The van der Waals surface area contributed by atoms with Gasteiger partial charge in [0.25, 0.3) is 0 Å². The van der Waals surface area contributed by atoms with Crippen LogP contribution in [0.25, 0.3) is 0 Å². The molecule has 0 aromatic rings. The van der Waals surface area contributed by atoms with E-state index in [1.54, 1.807) is 0 Å². The minimum absolute atomic E-state index is 0.778. The molecule has 0 aromatic carbocycles. The summed E-state index contributed by atoms with van der Waals surface area (Å²) in [4.78, 5) is 0. The van der Waals surface area contributed by atoms with E-state index in [1.165, 1.54) is 45.2 Å². The van der Waals surface area contributed by atoms with Crippen molar-refractivity contribution in [1.82, 2.24) is 10.6 Å². The molecule has 2 fully saturated rings. The van der Waals surface area contributed by atoms with Gasteiger partial charge in [0.1, 0.15) is 0 Å². The highest BCUT2D eigenvalue weighted by Gasteiger charge is 2.25. The molecule has 2 aliphatic rings. The van der Waals surface area contributed by atoms with Crippen LogP contribution in [-0.4, -0.2) is 25.2 Å². The van der Waals surface area contributed by atoms with E-state index in [-0.39, 0.29) is 0 Å². The molecule has 1 heterocycles. The van der Waals surface area contributed by atoms with Crippen molar-refractivity contribution in [1.29, 1.82) is 0 Å². The summed E-state index contributed by atoms with van der Waals surface area (Å²) in [5.74, 6) is 0.999. The van der Waals surface area contributed by atoms with Gasteiger partial charge >= 0.3 is 0 Å². The molecule has 13 heavy (non-hydrogen) atoms. The fourth-order valence-electron chi connectivity index (χ4n) is 2.55. The standard InChI is InChI=1S/C11H22N2/c1-2-9-4-3-5-10(6-9)13-11-7-12-8-11/h9-13H,2-8H2,1H3. The lowest BCUT2D eigenvalue weighted by Gasteiger charge is -2.36. The molecular weight excluding hydrogens is 160 g/mol. The van der Waals surface area contributed by atoms with Gasteiger partial charge in [-0.15, -0.1) is 0 Å². The third kappa shape index (κ3) is 2.44. The van der Waals surface area contributed by atoms with Crippen molar-refractivity contribution in [2.24, 2.45) is 5.92 Å². The molecule has 2 unspecified atom stereocenters. The molecule has 0 amide bonds. The van der Waals surface area contributed by atoms with Crippen LogP contribution in [0, 0.1) is 5.92 Å². The quantitative estimate of drug-likeness (QED) is 0.691. The first-order valence-electron chi connectivity index (χ1n) is 5.85. The second-order valence-corrected chi connectivity index (χ2v) is 4.66. The Morgan fingerprint density at radius 1 is 1.23 bits per heavy atom. The second-order valence-electron chi connectivity index (χ2n) is 4.66. The van der Waals surface area contributed by atoms with Crippen LogP contribution in [-0.2, 0) is 0 Å². The van der Waals surface area contributed by atoms with Crippen molar-refractivity contribution in [3.05, 3.63) is 0 Å². The Morgan fingerprint density at radius 3 is 2.69 bits per heavy atom. The largest absolute Gasteiger partial charge is 0.314 e. The molecule has 2 heteroatoms. The fraction of sp³-hybridized carbons (Fsp3) is 1.00. The van der Waals surface area contributed by atoms with Gasteiger partial charge < -0.3 is 10.6 Å². The first-order chi connectivity index (χ1) is 6.38. The molecular formula is C11H22N2. The van der Waals surface area contributed by atoms with Gasteiger partial charge in [0.05, 0.1) is 0 Å². The van der Waals surface area contributed by atoms with Crippen LogP contribution in [0.15, 0.2) is 0 Å². The van der Waals surface area contributed by atoms with Gasteiger partial charge in [-0.2, -0.15) is 0 Å². The summed E-state index contributed by atoms with van der Waals surface area (Å²) in [7, 11) is 0. The molecule has 2 nitrogen and oxygen atoms in total. The maximum atomic E-state index is 3.76. The van der Waals surface area contributed by atoms with E-state index < -0.39 is 0 Å². The molecule has 2 atom stereocenters. The minimum atomic E-state index is 0.778. The normalized spacial score (nSPS) is 35.8. The van der Waals surface area contributed by atoms with E-state index >= 15 is 0 Å². The summed E-state index contributed by atoms with van der Waals surface area (Å²) < 4.78 is 0. The zero-order valence-electron chi connectivity index (χ0n) is 8.68. The van der Waals surface area contributed by atoms with Crippen molar-refractivity contribution in [2.45, 2.75) is 51.1 Å². The smallest absolute Gasteiger partial charge is 0.0319 e. The van der Waals surface area contributed by atoms with Gasteiger partial charge in [0.2, 0.25) is 0 Å². The molecule has 1 saturated carbocycles. The van der Waals surface area contributed by atoms with Crippen LogP contribution < -0.4 is 10.6 Å². The Balaban J connectivity index is 1.71. The predicted octanol–water partition coefficient (Wildman–Crippen LogP) is 1.52. The highest BCUT2D eigenvalue weighted by Crippen LogP contribution is 2.26. The van der Waals surface area contributed by atoms with Gasteiger partial charge in [-0.3, -0.25) is 0 Å². The molecule has 76 valence electrons. The van der Waals surface area contributed by atoms with Gasteiger partial charge in [-0.25, -0.2) is 0 Å². The van der Waals surface area contributed by atoms with Gasteiger partial charge in [-0.05, 0) is 18.8 Å². The molecule has 1 aliphatic heterocycles. The minimum Gasteiger partial charge on any atom is -0.314 e. The number of hydrogen-bond acceptors (Lipinski definition) is 2. The monoisotopic (exact) mass is 182 g/mol. The maximum Gasteiger partial charge on any atom is 0.0319 e. The highest BCUT2D eigenvalue weighted by molar-refractivity contribution is 4.87. The highest BCUT2D eigenvalue weighted by atomic mass is 15.1. The summed E-state index contributed by atoms with van der Waals surface area (Å²) in [5, 5.41) is 7.07. The molecule has 1 saturated heterocycles. The number of nitrogens with one attached hydrogen (secondary N) is 2. The average molecular weight is 182 g/mol. The second kappa shape index (κ2) is 4.43. The lowest BCUT2D eigenvalue weighted by Crippen LogP contribution is -2.58. The van der Waals surface area contributed by atoms with Crippen molar-refractivity contribution < 1.29 is 0 Å². The van der Waals surface area contributed by atoms with Crippen LogP contribution in [0.5, 0.6) is 0 Å². The van der Waals surface area contributed by atoms with Crippen LogP contribution in [0.2, 0.25) is 0 Å². The zero-order valence-corrected chi connectivity index (χ0v) is 8.68. The summed E-state index contributed by atoms with van der Waals surface area (Å²) in [6.45, 7) is 4.71. The van der Waals surface area contributed by atoms with Crippen molar-refractivity contribution in [3.63, 3.8) is 0 Å². The summed E-state index contributed by atoms with van der Waals surface area (Å²) >= 11 is 0. The predicted molar refractivity (Wildman–Crippen MR) is 55.8 cm³/mol. The van der Waals surface area contributed by atoms with Crippen LogP contribution in [0.1, 0.15) is 39.0 Å². The average Bonchev–Trinajstić information content (AvgIpc) is 2.12. The van der Waals surface area contributed by atoms with Crippen LogP contribution >= 0.6 is 0 Å². The summed E-state index contributed by atoms with van der Waals surface area (Å²) in [5.41, 5.74) is 0. The van der Waals surface area contributed by atoms with Gasteiger partial charge in [0, 0.05) is 25.2 Å². The number of hydrogen-bond donors (Lipinski definition) is 2. The van der Waals surface area contributed by atoms with Crippen molar-refractivity contribution >= 4 is 0 Å². The van der Waals surface area contributed by atoms with E-state index in [9.17, 15) is 0 Å². The fourth-order valence-corrected chi connectivity index (χ4v) is 2.55. The van der Waals surface area contributed by atoms with E-state index in [0.717, 1.165) is 18.0 Å². The van der Waals surface area contributed by atoms with Gasteiger partial charge in [0.15, 0.2) is 0 Å². The molecule has 0 spiro atoms. The molecule has 0 bridgehead atoms. The summed E-state index contributed by atoms with van der Waals surface area (Å²) in [6, 6.07) is 1.60. The van der Waals surface area contributed by atoms with Crippen LogP contribution in [0.4, 0.5) is 0 Å². The molecule has 0 radical (unpaired) electrons. The molecule has 1 aliphatic carbocycles. The van der Waals surface area contributed by atoms with E-state index in [4.69, 9.17) is 0 Å². The Bertz CT molecular complexity index is 152. The Hall–Kier alpha value is -0.0800. The molecule has 0 aromatic heterocycles. The Kier molecular flexibility index (Phi) is 3.23. The third-order valence-corrected chi connectivity index (χ3v) is 3.61. The molecule has 2 N–H and O–H groups in total. The molecule has 2 rings (SSSR count). The Morgan fingerprint density at radius 2 is 2.08 bits per heavy atom. The van der Waals surface area contributed by atoms with Crippen LogP contribution in [0.3, 0.4) is 0 Å².